The minimum atomic E-state index is 1.02. The van der Waals surface area contributed by atoms with Crippen LogP contribution in [0.1, 0.15) is 40.5 Å². The zero-order valence-electron chi connectivity index (χ0n) is 9.78. The van der Waals surface area contributed by atoms with Crippen LogP contribution in [0.15, 0.2) is 23.4 Å². The molecule has 0 aromatic rings. The van der Waals surface area contributed by atoms with E-state index in [-0.39, 0.29) is 0 Å². The van der Waals surface area contributed by atoms with Crippen LogP contribution in [-0.2, 0) is 0 Å². The summed E-state index contributed by atoms with van der Waals surface area (Å²) in [7, 11) is 2.09. The van der Waals surface area contributed by atoms with E-state index in [1.807, 2.05) is 0 Å². The molecule has 0 bridgehead atoms. The molecule has 0 N–H and O–H groups in total. The predicted octanol–water partition coefficient (Wildman–Crippen LogP) is 3.59. The van der Waals surface area contributed by atoms with Gasteiger partial charge in [0.1, 0.15) is 0 Å². The van der Waals surface area contributed by atoms with Gasteiger partial charge in [0.2, 0.25) is 0 Å². The van der Waals surface area contributed by atoms with Crippen molar-refractivity contribution in [1.29, 1.82) is 0 Å². The van der Waals surface area contributed by atoms with E-state index < -0.39 is 0 Å². The molecule has 0 aliphatic rings. The fourth-order valence-corrected chi connectivity index (χ4v) is 1.46. The number of hydrogen-bond acceptors (Lipinski definition) is 1. The van der Waals surface area contributed by atoms with Crippen molar-refractivity contribution in [3.8, 4) is 0 Å². The molecule has 0 saturated heterocycles. The Labute approximate surface area is 83.1 Å². The fraction of sp³-hybridized carbons (Fsp3) is 0.667. The third-order valence-electron chi connectivity index (χ3n) is 2.75. The van der Waals surface area contributed by atoms with Crippen molar-refractivity contribution in [2.45, 2.75) is 40.5 Å². The van der Waals surface area contributed by atoms with Crippen molar-refractivity contribution >= 4 is 0 Å². The molecule has 0 aromatic heterocycles. The molecule has 0 aliphatic carbocycles. The lowest BCUT2D eigenvalue weighted by Gasteiger charge is -2.22. The molecule has 13 heavy (non-hydrogen) atoms. The molecule has 0 unspecified atom stereocenters. The van der Waals surface area contributed by atoms with E-state index in [0.717, 1.165) is 19.4 Å². The van der Waals surface area contributed by atoms with Crippen LogP contribution >= 0.6 is 0 Å². The summed E-state index contributed by atoms with van der Waals surface area (Å²) in [6, 6.07) is 0. The molecular weight excluding hydrogens is 158 g/mol. The van der Waals surface area contributed by atoms with Gasteiger partial charge in [-0.3, -0.25) is 0 Å². The van der Waals surface area contributed by atoms with Crippen molar-refractivity contribution in [2.75, 3.05) is 13.6 Å². The van der Waals surface area contributed by atoms with Crippen LogP contribution in [0.25, 0.3) is 0 Å². The molecule has 0 spiro atoms. The first-order valence-electron chi connectivity index (χ1n) is 5.17. The lowest BCUT2D eigenvalue weighted by atomic mass is 10.0. The summed E-state index contributed by atoms with van der Waals surface area (Å²) >= 11 is 0. The first kappa shape index (κ1) is 12.3. The summed E-state index contributed by atoms with van der Waals surface area (Å²) < 4.78 is 0. The fourth-order valence-electron chi connectivity index (χ4n) is 1.46. The Morgan fingerprint density at radius 2 is 1.62 bits per heavy atom. The molecule has 0 heterocycles. The Morgan fingerprint density at radius 1 is 1.15 bits per heavy atom. The number of nitrogens with zero attached hydrogens (tertiary/aromatic N) is 1. The number of hydrogen-bond donors (Lipinski definition) is 0. The number of rotatable bonds is 5. The minimum absolute atomic E-state index is 1.02. The topological polar surface area (TPSA) is 3.24 Å². The first-order valence-corrected chi connectivity index (χ1v) is 5.17. The Hall–Kier alpha value is -0.720. The maximum atomic E-state index is 4.11. The maximum Gasteiger partial charge on any atom is 0.0319 e. The minimum Gasteiger partial charge on any atom is -0.375 e. The molecule has 0 fully saturated rings. The van der Waals surface area contributed by atoms with Gasteiger partial charge in [-0.2, -0.15) is 0 Å². The Balaban J connectivity index is 4.64. The van der Waals surface area contributed by atoms with Crippen LogP contribution in [0.4, 0.5) is 0 Å². The summed E-state index contributed by atoms with van der Waals surface area (Å²) in [5.74, 6) is 0. The zero-order valence-corrected chi connectivity index (χ0v) is 9.78. The Kier molecular flexibility index (Phi) is 5.52. The van der Waals surface area contributed by atoms with E-state index in [2.05, 4.69) is 46.2 Å². The molecule has 76 valence electrons. The van der Waals surface area contributed by atoms with Crippen LogP contribution in [0.5, 0.6) is 0 Å². The van der Waals surface area contributed by atoms with Crippen molar-refractivity contribution in [3.05, 3.63) is 23.4 Å². The standard InChI is InChI=1S/C12H23N/c1-7-12(8-2)10(4)11(5)13(6)9-3/h5,7-9H2,1-4,6H3. The maximum absolute atomic E-state index is 4.11. The van der Waals surface area contributed by atoms with E-state index >= 15 is 0 Å². The second kappa shape index (κ2) is 5.85. The summed E-state index contributed by atoms with van der Waals surface area (Å²) in [6.07, 6.45) is 2.28. The van der Waals surface area contributed by atoms with Gasteiger partial charge < -0.3 is 4.90 Å². The molecule has 0 aromatic carbocycles. The van der Waals surface area contributed by atoms with Crippen LogP contribution in [0, 0.1) is 0 Å². The number of allylic oxidation sites excluding steroid dienone is 2. The van der Waals surface area contributed by atoms with Gasteiger partial charge in [0, 0.05) is 19.3 Å². The molecule has 0 rings (SSSR count). The largest absolute Gasteiger partial charge is 0.375 e. The van der Waals surface area contributed by atoms with Gasteiger partial charge >= 0.3 is 0 Å². The second-order valence-corrected chi connectivity index (χ2v) is 3.40. The van der Waals surface area contributed by atoms with Gasteiger partial charge in [-0.25, -0.2) is 0 Å². The van der Waals surface area contributed by atoms with E-state index in [0.29, 0.717) is 0 Å². The van der Waals surface area contributed by atoms with E-state index in [1.54, 1.807) is 0 Å². The summed E-state index contributed by atoms with van der Waals surface area (Å²) in [4.78, 5) is 2.20. The molecule has 1 heteroatoms. The summed E-state index contributed by atoms with van der Waals surface area (Å²) in [5, 5.41) is 0. The normalized spacial score (nSPS) is 9.62. The molecule has 0 saturated carbocycles. The van der Waals surface area contributed by atoms with Crippen molar-refractivity contribution in [3.63, 3.8) is 0 Å². The van der Waals surface area contributed by atoms with Crippen LogP contribution in [-0.4, -0.2) is 18.5 Å². The lowest BCUT2D eigenvalue weighted by molar-refractivity contribution is 0.450. The van der Waals surface area contributed by atoms with Gasteiger partial charge in [-0.15, -0.1) is 0 Å². The smallest absolute Gasteiger partial charge is 0.0319 e. The van der Waals surface area contributed by atoms with Gasteiger partial charge in [-0.1, -0.05) is 26.0 Å². The summed E-state index contributed by atoms with van der Waals surface area (Å²) in [6.45, 7) is 13.9. The van der Waals surface area contributed by atoms with Crippen LogP contribution < -0.4 is 0 Å². The average Bonchev–Trinajstić information content (AvgIpc) is 2.17. The molecule has 0 aliphatic heterocycles. The predicted molar refractivity (Wildman–Crippen MR) is 60.7 cm³/mol. The van der Waals surface area contributed by atoms with E-state index in [1.165, 1.54) is 16.8 Å². The van der Waals surface area contributed by atoms with Gasteiger partial charge in [0.15, 0.2) is 0 Å². The van der Waals surface area contributed by atoms with E-state index in [4.69, 9.17) is 0 Å². The number of likely N-dealkylation sites (N-methyl/N-ethyl adjacent to an activating group) is 1. The molecule has 1 nitrogen and oxygen atoms in total. The second-order valence-electron chi connectivity index (χ2n) is 3.40. The van der Waals surface area contributed by atoms with E-state index in [9.17, 15) is 0 Å². The highest BCUT2D eigenvalue weighted by Gasteiger charge is 2.05. The highest BCUT2D eigenvalue weighted by molar-refractivity contribution is 5.30. The third-order valence-corrected chi connectivity index (χ3v) is 2.75. The Morgan fingerprint density at radius 3 is 1.92 bits per heavy atom. The third kappa shape index (κ3) is 3.25. The van der Waals surface area contributed by atoms with Gasteiger partial charge in [0.05, 0.1) is 0 Å². The zero-order chi connectivity index (χ0) is 10.4. The molecular formula is C12H23N. The van der Waals surface area contributed by atoms with Crippen molar-refractivity contribution < 1.29 is 0 Å². The highest BCUT2D eigenvalue weighted by Crippen LogP contribution is 2.19. The molecule has 0 amide bonds. The molecule has 0 radical (unpaired) electrons. The van der Waals surface area contributed by atoms with Gasteiger partial charge in [0.25, 0.3) is 0 Å². The lowest BCUT2D eigenvalue weighted by Crippen LogP contribution is -2.17. The van der Waals surface area contributed by atoms with Gasteiger partial charge in [-0.05, 0) is 32.3 Å². The summed E-state index contributed by atoms with van der Waals surface area (Å²) in [5.41, 5.74) is 4.06. The monoisotopic (exact) mass is 181 g/mol. The average molecular weight is 181 g/mol. The molecule has 0 atom stereocenters. The highest BCUT2D eigenvalue weighted by atomic mass is 15.1. The van der Waals surface area contributed by atoms with Crippen molar-refractivity contribution in [1.82, 2.24) is 4.90 Å². The first-order chi connectivity index (χ1) is 6.08. The SMILES string of the molecule is C=C(C(C)=C(CC)CC)N(C)CC. The van der Waals surface area contributed by atoms with Crippen molar-refractivity contribution in [2.24, 2.45) is 0 Å². The quantitative estimate of drug-likeness (QED) is 0.586. The Bertz CT molecular complexity index is 195. The van der Waals surface area contributed by atoms with Crippen LogP contribution in [0.3, 0.4) is 0 Å². The van der Waals surface area contributed by atoms with Crippen LogP contribution in [0.2, 0.25) is 0 Å².